The number of thioether (sulfide) groups is 1. The molecule has 2 N–H and O–H groups in total. The molecule has 0 spiro atoms. The van der Waals surface area contributed by atoms with Crippen molar-refractivity contribution in [3.05, 3.63) is 95.3 Å². The number of nitrogens with two attached hydrogens (primary N) is 1. The Balaban J connectivity index is 1.61. The normalized spacial score (nSPS) is 11.0. The number of rotatable bonds is 7. The number of carbonyl (C=O) groups is 1. The van der Waals surface area contributed by atoms with Crippen molar-refractivity contribution in [2.75, 3.05) is 7.11 Å². The molecule has 1 aromatic heterocycles. The first kappa shape index (κ1) is 20.2. The number of nitrogens with zero attached hydrogens (tertiary/aromatic N) is 2. The van der Waals surface area contributed by atoms with Gasteiger partial charge in [-0.1, -0.05) is 72.4 Å². The van der Waals surface area contributed by atoms with Gasteiger partial charge in [-0.05, 0) is 28.0 Å². The molecule has 1 heterocycles. The number of aromatic nitrogens is 2. The third-order valence-electron chi connectivity index (χ3n) is 5.00. The van der Waals surface area contributed by atoms with E-state index in [1.54, 1.807) is 17.8 Å². The number of imidazole rings is 1. The van der Waals surface area contributed by atoms with Crippen molar-refractivity contribution in [3.63, 3.8) is 0 Å². The van der Waals surface area contributed by atoms with E-state index in [1.165, 1.54) is 23.4 Å². The second kappa shape index (κ2) is 9.15. The van der Waals surface area contributed by atoms with Crippen LogP contribution in [0.25, 0.3) is 10.8 Å². The van der Waals surface area contributed by atoms with Crippen LogP contribution >= 0.6 is 11.8 Å². The number of esters is 1. The first-order valence-electron chi connectivity index (χ1n) is 9.71. The summed E-state index contributed by atoms with van der Waals surface area (Å²) in [5, 5.41) is 3.33. The molecule has 0 bridgehead atoms. The van der Waals surface area contributed by atoms with Crippen LogP contribution in [0.5, 0.6) is 0 Å². The van der Waals surface area contributed by atoms with Crippen LogP contribution in [0.2, 0.25) is 0 Å². The van der Waals surface area contributed by atoms with E-state index in [-0.39, 0.29) is 5.97 Å². The Kier molecular flexibility index (Phi) is 6.16. The zero-order valence-corrected chi connectivity index (χ0v) is 17.6. The lowest BCUT2D eigenvalue weighted by molar-refractivity contribution is 0.0600. The van der Waals surface area contributed by atoms with Crippen LogP contribution in [0.15, 0.2) is 78.1 Å². The van der Waals surface area contributed by atoms with Crippen molar-refractivity contribution in [1.82, 2.24) is 9.55 Å². The van der Waals surface area contributed by atoms with Crippen LogP contribution in [-0.4, -0.2) is 22.6 Å². The van der Waals surface area contributed by atoms with Crippen LogP contribution in [0, 0.1) is 0 Å². The highest BCUT2D eigenvalue weighted by Gasteiger charge is 2.14. The van der Waals surface area contributed by atoms with Gasteiger partial charge in [0.1, 0.15) is 0 Å². The molecule has 0 atom stereocenters. The van der Waals surface area contributed by atoms with Crippen molar-refractivity contribution in [1.29, 1.82) is 0 Å². The van der Waals surface area contributed by atoms with Crippen LogP contribution in [0.1, 0.15) is 27.2 Å². The van der Waals surface area contributed by atoms with E-state index < -0.39 is 0 Å². The Bertz CT molecular complexity index is 1180. The molecule has 0 aliphatic rings. The minimum atomic E-state index is -0.326. The fourth-order valence-electron chi connectivity index (χ4n) is 3.49. The Morgan fingerprint density at radius 3 is 2.60 bits per heavy atom. The van der Waals surface area contributed by atoms with Gasteiger partial charge in [-0.25, -0.2) is 9.78 Å². The smallest absolute Gasteiger partial charge is 0.338 e. The van der Waals surface area contributed by atoms with Gasteiger partial charge in [0.2, 0.25) is 0 Å². The first-order chi connectivity index (χ1) is 14.7. The van der Waals surface area contributed by atoms with Crippen LogP contribution in [0.3, 0.4) is 0 Å². The minimum absolute atomic E-state index is 0.326. The Hall–Kier alpha value is -3.09. The number of methoxy groups -OCH3 is 1. The summed E-state index contributed by atoms with van der Waals surface area (Å²) < 4.78 is 7.04. The molecule has 4 aromatic rings. The molecule has 6 heteroatoms. The molecule has 0 radical (unpaired) electrons. The van der Waals surface area contributed by atoms with E-state index >= 15 is 0 Å². The predicted octanol–water partition coefficient (Wildman–Crippen LogP) is 4.62. The third-order valence-corrected chi connectivity index (χ3v) is 6.04. The number of ether oxygens (including phenoxy) is 1. The number of carbonyl (C=O) groups excluding carboxylic acids is 1. The molecule has 4 rings (SSSR count). The number of fused-ring (bicyclic) bond motifs is 1. The van der Waals surface area contributed by atoms with E-state index in [9.17, 15) is 4.79 Å². The molecule has 0 amide bonds. The Labute approximate surface area is 179 Å². The number of hydrogen-bond donors (Lipinski definition) is 1. The van der Waals surface area contributed by atoms with Crippen molar-refractivity contribution in [2.24, 2.45) is 5.73 Å². The average Bonchev–Trinajstić information content (AvgIpc) is 3.19. The highest BCUT2D eigenvalue weighted by atomic mass is 32.2. The topological polar surface area (TPSA) is 70.1 Å². The van der Waals surface area contributed by atoms with E-state index in [1.807, 2.05) is 24.4 Å². The van der Waals surface area contributed by atoms with Gasteiger partial charge < -0.3 is 15.0 Å². The van der Waals surface area contributed by atoms with Gasteiger partial charge in [-0.2, -0.15) is 0 Å². The van der Waals surface area contributed by atoms with Gasteiger partial charge >= 0.3 is 5.97 Å². The standard InChI is InChI=1S/C24H23N3O2S/c1-29-23(28)22-12-5-3-8-19(22)16-30-24-26-20(13-25)15-27(24)14-18-10-6-9-17-7-2-4-11-21(17)18/h2-12,15H,13-14,16,25H2,1H3. The molecule has 0 fully saturated rings. The summed E-state index contributed by atoms with van der Waals surface area (Å²) >= 11 is 1.59. The molecule has 30 heavy (non-hydrogen) atoms. The van der Waals surface area contributed by atoms with Gasteiger partial charge in [0.25, 0.3) is 0 Å². The predicted molar refractivity (Wildman–Crippen MR) is 121 cm³/mol. The maximum atomic E-state index is 12.1. The molecular weight excluding hydrogens is 394 g/mol. The molecule has 0 aliphatic heterocycles. The van der Waals surface area contributed by atoms with Gasteiger partial charge in [-0.15, -0.1) is 0 Å². The van der Waals surface area contributed by atoms with E-state index in [0.29, 0.717) is 24.4 Å². The molecule has 0 aliphatic carbocycles. The van der Waals surface area contributed by atoms with Gasteiger partial charge in [0.15, 0.2) is 5.16 Å². The molecule has 152 valence electrons. The van der Waals surface area contributed by atoms with Crippen molar-refractivity contribution in [3.8, 4) is 0 Å². The third kappa shape index (κ3) is 4.25. The van der Waals surface area contributed by atoms with E-state index in [2.05, 4.69) is 47.0 Å². The summed E-state index contributed by atoms with van der Waals surface area (Å²) in [6.45, 7) is 1.09. The SMILES string of the molecule is COC(=O)c1ccccc1CSc1nc(CN)cn1Cc1cccc2ccccc12. The second-order valence-corrected chi connectivity index (χ2v) is 7.87. The van der Waals surface area contributed by atoms with Crippen molar-refractivity contribution in [2.45, 2.75) is 24.0 Å². The fraction of sp³-hybridized carbons (Fsp3) is 0.167. The Morgan fingerprint density at radius 1 is 1.03 bits per heavy atom. The lowest BCUT2D eigenvalue weighted by atomic mass is 10.0. The molecule has 0 unspecified atom stereocenters. The van der Waals surface area contributed by atoms with Crippen LogP contribution in [-0.2, 0) is 23.6 Å². The molecule has 5 nitrogen and oxygen atoms in total. The minimum Gasteiger partial charge on any atom is -0.465 e. The van der Waals surface area contributed by atoms with Crippen LogP contribution < -0.4 is 5.73 Å². The summed E-state index contributed by atoms with van der Waals surface area (Å²) in [6.07, 6.45) is 2.01. The summed E-state index contributed by atoms with van der Waals surface area (Å²) in [5.74, 6) is 0.287. The Morgan fingerprint density at radius 2 is 1.77 bits per heavy atom. The first-order valence-corrected chi connectivity index (χ1v) is 10.7. The highest BCUT2D eigenvalue weighted by Crippen LogP contribution is 2.27. The van der Waals surface area contributed by atoms with E-state index in [0.717, 1.165) is 16.4 Å². The molecule has 3 aromatic carbocycles. The summed E-state index contributed by atoms with van der Waals surface area (Å²) in [6, 6.07) is 22.2. The van der Waals surface area contributed by atoms with Gasteiger partial charge in [0, 0.05) is 18.5 Å². The number of hydrogen-bond acceptors (Lipinski definition) is 5. The van der Waals surface area contributed by atoms with Crippen molar-refractivity contribution >= 4 is 28.5 Å². The number of benzene rings is 3. The lowest BCUT2D eigenvalue weighted by Gasteiger charge is -2.11. The maximum absolute atomic E-state index is 12.1. The zero-order valence-electron chi connectivity index (χ0n) is 16.7. The maximum Gasteiger partial charge on any atom is 0.338 e. The highest BCUT2D eigenvalue weighted by molar-refractivity contribution is 7.98. The van der Waals surface area contributed by atoms with Gasteiger partial charge in [-0.3, -0.25) is 0 Å². The summed E-state index contributed by atoms with van der Waals surface area (Å²) in [4.78, 5) is 16.8. The molecule has 0 saturated carbocycles. The molecule has 0 saturated heterocycles. The molecular formula is C24H23N3O2S. The largest absolute Gasteiger partial charge is 0.465 e. The lowest BCUT2D eigenvalue weighted by Crippen LogP contribution is -2.05. The van der Waals surface area contributed by atoms with Crippen molar-refractivity contribution < 1.29 is 9.53 Å². The monoisotopic (exact) mass is 417 g/mol. The second-order valence-electron chi connectivity index (χ2n) is 6.92. The average molecular weight is 418 g/mol. The summed E-state index contributed by atoms with van der Waals surface area (Å²) in [5.41, 5.74) is 9.43. The van der Waals surface area contributed by atoms with Gasteiger partial charge in [0.05, 0.1) is 24.9 Å². The van der Waals surface area contributed by atoms with E-state index in [4.69, 9.17) is 15.5 Å². The fourth-order valence-corrected chi connectivity index (χ4v) is 4.49. The summed E-state index contributed by atoms with van der Waals surface area (Å²) in [7, 11) is 1.40. The van der Waals surface area contributed by atoms with Crippen LogP contribution in [0.4, 0.5) is 0 Å². The zero-order chi connectivity index (χ0) is 20.9. The quantitative estimate of drug-likeness (QED) is 0.351.